The number of Topliss-reactive ketones (excluding diaryl/α,β-unsaturated/α-hetero) is 2. The zero-order chi connectivity index (χ0) is 38.3. The van der Waals surface area contributed by atoms with Crippen LogP contribution in [0.4, 0.5) is 11.4 Å². The van der Waals surface area contributed by atoms with Crippen LogP contribution in [0, 0.1) is 35.5 Å². The fourth-order valence-corrected chi connectivity index (χ4v) is 6.19. The number of allylic oxidation sites excluding steroid dienone is 10. The first-order valence-electron chi connectivity index (χ1n) is 17.5. The lowest BCUT2D eigenvalue weighted by atomic mass is 9.72. The third kappa shape index (κ3) is 9.34. The van der Waals surface area contributed by atoms with Crippen LogP contribution in [0.15, 0.2) is 121 Å². The number of rotatable bonds is 5. The molecule has 0 heterocycles. The van der Waals surface area contributed by atoms with Gasteiger partial charge in [-0.15, -0.1) is 5.11 Å². The molecule has 0 saturated carbocycles. The van der Waals surface area contributed by atoms with Crippen molar-refractivity contribution in [1.82, 2.24) is 0 Å². The number of ketones is 2. The van der Waals surface area contributed by atoms with Crippen molar-refractivity contribution >= 4 is 34.5 Å². The molecule has 2 aliphatic carbocycles. The summed E-state index contributed by atoms with van der Waals surface area (Å²) in [6, 6.07) is 9.85. The molecule has 7 heteroatoms. The summed E-state index contributed by atoms with van der Waals surface area (Å²) >= 11 is 6.72. The molecule has 0 N–H and O–H groups in total. The van der Waals surface area contributed by atoms with Gasteiger partial charge in [-0.1, -0.05) is 101 Å². The lowest BCUT2D eigenvalue weighted by molar-refractivity contribution is -0.114. The van der Waals surface area contributed by atoms with Crippen LogP contribution in [-0.4, -0.2) is 11.6 Å². The standard InChI is InChI=1S/C44H53ClN4O2/c1-26-18-38(49-47-25-29-21-34(43(9,10)11)40(51)35(22-29)44(12,13)14)27(2)17-31(26)30-15-16-37(36(45)23-30)48-46-24-28-19-32(41(3,4)5)39(50)33(20-28)42(6,7)8/h15-25H,1-14H3/b48-46+,49-47+. The van der Waals surface area contributed by atoms with Gasteiger partial charge in [-0.25, -0.2) is 0 Å². The molecule has 6 nitrogen and oxygen atoms in total. The molecule has 0 radical (unpaired) electrons. The van der Waals surface area contributed by atoms with Gasteiger partial charge in [0, 0.05) is 22.3 Å². The Morgan fingerprint density at radius 2 is 0.922 bits per heavy atom. The van der Waals surface area contributed by atoms with E-state index in [1.165, 1.54) is 0 Å². The average molecular weight is 705 g/mol. The van der Waals surface area contributed by atoms with Gasteiger partial charge in [-0.05, 0) is 117 Å². The molecule has 0 fully saturated rings. The Bertz CT molecular complexity index is 1950. The van der Waals surface area contributed by atoms with Crippen molar-refractivity contribution in [3.05, 3.63) is 117 Å². The monoisotopic (exact) mass is 704 g/mol. The maximum atomic E-state index is 13.3. The highest BCUT2D eigenvalue weighted by Crippen LogP contribution is 2.41. The lowest BCUT2D eigenvalue weighted by Crippen LogP contribution is -2.27. The summed E-state index contributed by atoms with van der Waals surface area (Å²) in [6.45, 7) is 28.7. The number of aryl methyl sites for hydroxylation is 2. The molecule has 0 aromatic heterocycles. The molecule has 0 amide bonds. The highest BCUT2D eigenvalue weighted by atomic mass is 35.5. The Labute approximate surface area is 310 Å². The van der Waals surface area contributed by atoms with E-state index >= 15 is 0 Å². The Morgan fingerprint density at radius 1 is 0.529 bits per heavy atom. The maximum absolute atomic E-state index is 13.3. The second-order valence-electron chi connectivity index (χ2n) is 17.7. The maximum Gasteiger partial charge on any atom is 0.186 e. The van der Waals surface area contributed by atoms with E-state index in [4.69, 9.17) is 11.6 Å². The molecular formula is C44H53ClN4O2. The minimum Gasteiger partial charge on any atom is -0.289 e. The Morgan fingerprint density at radius 3 is 1.29 bits per heavy atom. The zero-order valence-corrected chi connectivity index (χ0v) is 33.6. The third-order valence-corrected chi connectivity index (χ3v) is 9.30. The van der Waals surface area contributed by atoms with Crippen LogP contribution in [-0.2, 0) is 9.59 Å². The van der Waals surface area contributed by atoms with Gasteiger partial charge in [0.15, 0.2) is 11.6 Å². The SMILES string of the molecule is Cc1cc(-c2ccc(/N=N/C=C3C=C(C(C)(C)C)C(=O)C(C(C)(C)C)=C3)c(Cl)c2)c(C)cc1/N=N/C=C1C=C(C(C)(C)C)C(=O)C(C(C)(C)C)=C1. The largest absolute Gasteiger partial charge is 0.289 e. The second kappa shape index (κ2) is 14.4. The van der Waals surface area contributed by atoms with Crippen molar-refractivity contribution in [1.29, 1.82) is 0 Å². The summed E-state index contributed by atoms with van der Waals surface area (Å²) in [5.41, 5.74) is 8.87. The average Bonchev–Trinajstić information content (AvgIpc) is 2.98. The van der Waals surface area contributed by atoms with Crippen LogP contribution < -0.4 is 0 Å². The summed E-state index contributed by atoms with van der Waals surface area (Å²) in [5, 5.41) is 18.2. The summed E-state index contributed by atoms with van der Waals surface area (Å²) in [4.78, 5) is 26.5. The highest BCUT2D eigenvalue weighted by molar-refractivity contribution is 6.33. The molecule has 2 aromatic rings. The van der Waals surface area contributed by atoms with Crippen LogP contribution in [0.25, 0.3) is 11.1 Å². The van der Waals surface area contributed by atoms with Crippen molar-refractivity contribution in [2.24, 2.45) is 42.1 Å². The van der Waals surface area contributed by atoms with Crippen molar-refractivity contribution in [2.45, 2.75) is 96.9 Å². The quantitative estimate of drug-likeness (QED) is 0.290. The molecule has 0 atom stereocenters. The minimum absolute atomic E-state index is 0.0825. The predicted molar refractivity (Wildman–Crippen MR) is 212 cm³/mol. The molecule has 268 valence electrons. The van der Waals surface area contributed by atoms with E-state index in [2.05, 4.69) is 68.1 Å². The molecule has 0 saturated heterocycles. The number of carbonyl (C=O) groups is 2. The first-order chi connectivity index (χ1) is 23.4. The molecule has 4 rings (SSSR count). The van der Waals surface area contributed by atoms with Gasteiger partial charge in [0.05, 0.1) is 23.1 Å². The van der Waals surface area contributed by atoms with Gasteiger partial charge in [-0.3, -0.25) is 9.59 Å². The zero-order valence-electron chi connectivity index (χ0n) is 32.8. The van der Waals surface area contributed by atoms with E-state index in [0.29, 0.717) is 10.7 Å². The van der Waals surface area contributed by atoms with Crippen LogP contribution in [0.3, 0.4) is 0 Å². The van der Waals surface area contributed by atoms with Crippen LogP contribution >= 0.6 is 11.6 Å². The predicted octanol–water partition coefficient (Wildman–Crippen LogP) is 13.6. The molecule has 0 bridgehead atoms. The van der Waals surface area contributed by atoms with Crippen LogP contribution in [0.2, 0.25) is 5.02 Å². The van der Waals surface area contributed by atoms with E-state index in [0.717, 1.165) is 61.4 Å². The van der Waals surface area contributed by atoms with Gasteiger partial charge in [0.2, 0.25) is 0 Å². The van der Waals surface area contributed by atoms with Crippen molar-refractivity contribution in [3.8, 4) is 11.1 Å². The highest BCUT2D eigenvalue weighted by Gasteiger charge is 2.35. The number of halogens is 1. The summed E-state index contributed by atoms with van der Waals surface area (Å²) in [6.07, 6.45) is 11.1. The normalized spacial score (nSPS) is 16.5. The van der Waals surface area contributed by atoms with Gasteiger partial charge < -0.3 is 0 Å². The molecule has 0 spiro atoms. The summed E-state index contributed by atoms with van der Waals surface area (Å²) in [7, 11) is 0. The van der Waals surface area contributed by atoms with Gasteiger partial charge in [-0.2, -0.15) is 15.3 Å². The number of carbonyl (C=O) groups excluding carboxylic acids is 2. The third-order valence-electron chi connectivity index (χ3n) is 9.00. The number of hydrogen-bond donors (Lipinski definition) is 0. The van der Waals surface area contributed by atoms with Crippen molar-refractivity contribution < 1.29 is 9.59 Å². The topological polar surface area (TPSA) is 83.6 Å². The first-order valence-corrected chi connectivity index (χ1v) is 17.9. The number of azo groups is 2. The van der Waals surface area contributed by atoms with Crippen molar-refractivity contribution in [3.63, 3.8) is 0 Å². The molecule has 2 aromatic carbocycles. The number of hydrogen-bond acceptors (Lipinski definition) is 6. The van der Waals surface area contributed by atoms with Gasteiger partial charge >= 0.3 is 0 Å². The summed E-state index contributed by atoms with van der Waals surface area (Å²) in [5.74, 6) is 0.177. The van der Waals surface area contributed by atoms with E-state index < -0.39 is 0 Å². The van der Waals surface area contributed by atoms with Crippen molar-refractivity contribution in [2.75, 3.05) is 0 Å². The van der Waals surface area contributed by atoms with Crippen LogP contribution in [0.5, 0.6) is 0 Å². The second-order valence-corrected chi connectivity index (χ2v) is 18.1. The fourth-order valence-electron chi connectivity index (χ4n) is 5.97. The van der Waals surface area contributed by atoms with E-state index in [1.54, 1.807) is 12.4 Å². The van der Waals surface area contributed by atoms with Crippen LogP contribution in [0.1, 0.15) is 94.2 Å². The van der Waals surface area contributed by atoms with E-state index in [-0.39, 0.29) is 33.2 Å². The van der Waals surface area contributed by atoms with E-state index in [1.807, 2.05) is 104 Å². The lowest BCUT2D eigenvalue weighted by Gasteiger charge is -2.31. The number of nitrogens with zero attached hydrogens (tertiary/aromatic N) is 4. The molecule has 0 unspecified atom stereocenters. The molecular weight excluding hydrogens is 652 g/mol. The van der Waals surface area contributed by atoms with E-state index in [9.17, 15) is 9.59 Å². The Balaban J connectivity index is 1.59. The first kappa shape index (κ1) is 39.5. The smallest absolute Gasteiger partial charge is 0.186 e. The Kier molecular flexibility index (Phi) is 11.1. The number of benzene rings is 2. The summed E-state index contributed by atoms with van der Waals surface area (Å²) < 4.78 is 0. The molecule has 2 aliphatic rings. The molecule has 0 aliphatic heterocycles. The Hall–Kier alpha value is -4.29. The minimum atomic E-state index is -0.300. The van der Waals surface area contributed by atoms with Gasteiger partial charge in [0.25, 0.3) is 0 Å². The fraction of sp³-hybridized carbons (Fsp3) is 0.409. The molecule has 51 heavy (non-hydrogen) atoms. The van der Waals surface area contributed by atoms with Gasteiger partial charge in [0.1, 0.15) is 5.69 Å².